The highest BCUT2D eigenvalue weighted by molar-refractivity contribution is 6.68. The van der Waals surface area contributed by atoms with Crippen molar-refractivity contribution in [2.45, 2.75) is 36.8 Å². The molecule has 0 radical (unpaired) electrons. The summed E-state index contributed by atoms with van der Waals surface area (Å²) in [6.45, 7) is 5.38. The molecule has 0 atom stereocenters. The maximum absolute atomic E-state index is 11.2. The van der Waals surface area contributed by atoms with Gasteiger partial charge in [-0.05, 0) is 20.8 Å². The second-order valence-electron chi connectivity index (χ2n) is 2.85. The van der Waals surface area contributed by atoms with Gasteiger partial charge in [0, 0.05) is 17.6 Å². The van der Waals surface area contributed by atoms with Gasteiger partial charge in [-0.2, -0.15) is 13.2 Å². The van der Waals surface area contributed by atoms with E-state index in [-0.39, 0.29) is 12.7 Å². The molecule has 0 spiro atoms. The first-order chi connectivity index (χ1) is 8.13. The van der Waals surface area contributed by atoms with Gasteiger partial charge in [-0.1, -0.05) is 34.8 Å². The summed E-state index contributed by atoms with van der Waals surface area (Å²) in [5.41, 5.74) is 0. The van der Waals surface area contributed by atoms with E-state index in [2.05, 4.69) is 34.8 Å². The number of rotatable bonds is 0. The molecule has 0 aromatic rings. The molecule has 0 rings (SSSR count). The van der Waals surface area contributed by atoms with E-state index >= 15 is 0 Å². The third kappa shape index (κ3) is 56.9. The van der Waals surface area contributed by atoms with Gasteiger partial charge in [-0.15, -0.1) is 0 Å². The highest BCUT2D eigenvalue weighted by Crippen LogP contribution is 2.42. The van der Waals surface area contributed by atoms with Crippen LogP contribution in [-0.2, 0) is 0 Å². The van der Waals surface area contributed by atoms with Crippen molar-refractivity contribution < 1.29 is 28.3 Å². The van der Waals surface area contributed by atoms with Crippen LogP contribution in [0.3, 0.4) is 0 Å². The van der Waals surface area contributed by atoms with Crippen LogP contribution >= 0.6 is 34.8 Å². The minimum atomic E-state index is -4.77. The Labute approximate surface area is 124 Å². The van der Waals surface area contributed by atoms with Crippen LogP contribution in [0.1, 0.15) is 20.8 Å². The third-order valence-corrected chi connectivity index (χ3v) is 0.964. The van der Waals surface area contributed by atoms with E-state index < -0.39 is 14.9 Å². The monoisotopic (exact) mass is 353 g/mol. The second kappa shape index (κ2) is 14.4. The molecule has 0 amide bonds. The van der Waals surface area contributed by atoms with Crippen LogP contribution < -0.4 is 0 Å². The first-order valence-corrected chi connectivity index (χ1v) is 5.77. The summed E-state index contributed by atoms with van der Waals surface area (Å²) in [6, 6.07) is 0. The Hall–Kier alpha value is -0.0200. The van der Waals surface area contributed by atoms with Crippen LogP contribution in [0.2, 0.25) is 0 Å². The molecule has 0 unspecified atom stereocenters. The Bertz CT molecular complexity index is 192. The summed E-state index contributed by atoms with van der Waals surface area (Å²) in [4.78, 5) is 8.31. The first kappa shape index (κ1) is 27.3. The number of nitro groups is 1. The second-order valence-corrected chi connectivity index (χ2v) is 5.13. The molecule has 0 aromatic heterocycles. The lowest BCUT2D eigenvalue weighted by Crippen LogP contribution is -2.27. The molecule has 0 saturated heterocycles. The van der Waals surface area contributed by atoms with Gasteiger partial charge in [0.15, 0.2) is 7.05 Å². The summed E-state index contributed by atoms with van der Waals surface area (Å²) >= 11 is 13.2. The van der Waals surface area contributed by atoms with Crippen molar-refractivity contribution in [2.75, 3.05) is 13.7 Å². The Morgan fingerprint density at radius 2 is 1.32 bits per heavy atom. The molecule has 0 bridgehead atoms. The minimum Gasteiger partial charge on any atom is -0.397 e. The van der Waals surface area contributed by atoms with Crippen molar-refractivity contribution in [1.82, 2.24) is 0 Å². The minimum absolute atomic E-state index is 0.167. The Morgan fingerprint density at radius 1 is 1.26 bits per heavy atom. The van der Waals surface area contributed by atoms with E-state index in [0.29, 0.717) is 0 Å². The molecule has 5 nitrogen and oxygen atoms in total. The zero-order chi connectivity index (χ0) is 16.9. The van der Waals surface area contributed by atoms with Crippen molar-refractivity contribution in [2.24, 2.45) is 0 Å². The van der Waals surface area contributed by atoms with E-state index in [1.807, 2.05) is 0 Å². The SMILES string of the molecule is CC(C)O.CCO.C[N+](=O)[O-].FC(F)(F)C(Cl)(Cl)Cl. The van der Waals surface area contributed by atoms with Crippen LogP contribution in [-0.4, -0.2) is 44.9 Å². The van der Waals surface area contributed by atoms with E-state index in [0.717, 1.165) is 7.05 Å². The van der Waals surface area contributed by atoms with Crippen LogP contribution in [0.15, 0.2) is 0 Å². The van der Waals surface area contributed by atoms with Crippen LogP contribution in [0.5, 0.6) is 0 Å². The van der Waals surface area contributed by atoms with E-state index in [1.165, 1.54) is 0 Å². The number of halogens is 6. The molecule has 19 heavy (non-hydrogen) atoms. The van der Waals surface area contributed by atoms with E-state index in [1.54, 1.807) is 20.8 Å². The summed E-state index contributed by atoms with van der Waals surface area (Å²) < 4.78 is 30.4. The quantitative estimate of drug-likeness (QED) is 0.397. The molecule has 0 saturated carbocycles. The molecule has 0 aliphatic heterocycles. The van der Waals surface area contributed by atoms with Gasteiger partial charge in [0.2, 0.25) is 0 Å². The molecule has 120 valence electrons. The van der Waals surface area contributed by atoms with Crippen molar-refractivity contribution in [1.29, 1.82) is 0 Å². The molecule has 0 aliphatic rings. The van der Waals surface area contributed by atoms with E-state index in [4.69, 9.17) is 20.3 Å². The highest BCUT2D eigenvalue weighted by Gasteiger charge is 2.51. The topological polar surface area (TPSA) is 83.6 Å². The molecule has 0 aliphatic carbocycles. The summed E-state index contributed by atoms with van der Waals surface area (Å²) in [5, 5.41) is 24.4. The van der Waals surface area contributed by atoms with Crippen molar-refractivity contribution >= 4 is 34.8 Å². The van der Waals surface area contributed by atoms with Gasteiger partial charge in [-0.25, -0.2) is 0 Å². The Balaban J connectivity index is -0.0000000871. The van der Waals surface area contributed by atoms with Gasteiger partial charge in [0.05, 0.1) is 0 Å². The predicted molar refractivity (Wildman–Crippen MR) is 69.4 cm³/mol. The maximum Gasteiger partial charge on any atom is 0.435 e. The lowest BCUT2D eigenvalue weighted by atomic mass is 10.5. The fourth-order valence-corrected chi connectivity index (χ4v) is 0. The number of alkyl halides is 6. The molecular weight excluding hydrogens is 337 g/mol. The molecule has 2 N–H and O–H groups in total. The molecule has 0 fully saturated rings. The normalized spacial score (nSPS) is 10.2. The predicted octanol–water partition coefficient (Wildman–Crippen LogP) is 3.20. The molecule has 0 heterocycles. The Morgan fingerprint density at radius 3 is 1.32 bits per heavy atom. The van der Waals surface area contributed by atoms with Gasteiger partial charge < -0.3 is 10.2 Å². The molecule has 0 aromatic carbocycles. The number of hydrogen-bond donors (Lipinski definition) is 2. The Kier molecular flexibility index (Phi) is 20.7. The fourth-order valence-electron chi connectivity index (χ4n) is 0. The standard InChI is InChI=1S/C3H8O.C2Cl3F3.C2H6O.CH3NO2/c1-3(2)4;3-1(4,5)2(6,7)8;1-2-3;1-2(3)4/h3-4H,1-2H3;;3H,2H2,1H3;1H3. The van der Waals surface area contributed by atoms with Crippen LogP contribution in [0.25, 0.3) is 0 Å². The first-order valence-electron chi connectivity index (χ1n) is 4.63. The number of hydrogen-bond acceptors (Lipinski definition) is 4. The third-order valence-electron chi connectivity index (χ3n) is 0.321. The average molecular weight is 355 g/mol. The summed E-state index contributed by atoms with van der Waals surface area (Å²) in [6.07, 6.45) is -4.93. The van der Waals surface area contributed by atoms with Crippen molar-refractivity contribution in [3.05, 3.63) is 10.1 Å². The van der Waals surface area contributed by atoms with Gasteiger partial charge in [-0.3, -0.25) is 10.1 Å². The van der Waals surface area contributed by atoms with E-state index in [9.17, 15) is 13.2 Å². The zero-order valence-corrected chi connectivity index (χ0v) is 13.0. The maximum atomic E-state index is 11.2. The van der Waals surface area contributed by atoms with Gasteiger partial charge in [0.25, 0.3) is 3.79 Å². The molecule has 11 heteroatoms. The highest BCUT2D eigenvalue weighted by atomic mass is 35.6. The fraction of sp³-hybridized carbons (Fsp3) is 1.00. The van der Waals surface area contributed by atoms with Gasteiger partial charge in [0.1, 0.15) is 0 Å². The van der Waals surface area contributed by atoms with Gasteiger partial charge >= 0.3 is 6.18 Å². The van der Waals surface area contributed by atoms with Crippen molar-refractivity contribution in [3.8, 4) is 0 Å². The largest absolute Gasteiger partial charge is 0.435 e. The van der Waals surface area contributed by atoms with Crippen LogP contribution in [0.4, 0.5) is 13.2 Å². The molecular formula is C8H17Cl3F3NO4. The average Bonchev–Trinajstić information content (AvgIpc) is 1.97. The zero-order valence-electron chi connectivity index (χ0n) is 10.7. The lowest BCUT2D eigenvalue weighted by molar-refractivity contribution is -0.445. The number of aliphatic hydroxyl groups is 2. The smallest absolute Gasteiger partial charge is 0.397 e. The summed E-state index contributed by atoms with van der Waals surface area (Å²) in [5.74, 6) is 0. The lowest BCUT2D eigenvalue weighted by Gasteiger charge is -2.13. The van der Waals surface area contributed by atoms with Crippen molar-refractivity contribution in [3.63, 3.8) is 0 Å². The number of nitrogens with zero attached hydrogens (tertiary/aromatic N) is 1. The number of aliphatic hydroxyl groups excluding tert-OH is 2. The summed E-state index contributed by atoms with van der Waals surface area (Å²) in [7, 11) is 0.889. The van der Waals surface area contributed by atoms with Crippen LogP contribution in [0, 0.1) is 10.1 Å².